The van der Waals surface area contributed by atoms with Crippen molar-refractivity contribution in [2.75, 3.05) is 5.73 Å². The molecule has 0 aliphatic heterocycles. The lowest BCUT2D eigenvalue weighted by molar-refractivity contribution is 1.30. The van der Waals surface area contributed by atoms with Gasteiger partial charge in [-0.2, -0.15) is 0 Å². The Hall–Kier alpha value is -1.12. The van der Waals surface area contributed by atoms with Crippen LogP contribution in [0.4, 0.5) is 5.69 Å². The van der Waals surface area contributed by atoms with Gasteiger partial charge in [0, 0.05) is 15.5 Å². The molecule has 2 aromatic carbocycles. The van der Waals surface area contributed by atoms with E-state index in [0.717, 1.165) is 20.5 Å². The fraction of sp³-hybridized carbons (Fsp3) is 0.0769. The van der Waals surface area contributed by atoms with Crippen LogP contribution < -0.4 is 5.73 Å². The lowest BCUT2D eigenvalue weighted by atomic mass is 10.2. The Morgan fingerprint density at radius 2 is 1.81 bits per heavy atom. The van der Waals surface area contributed by atoms with Gasteiger partial charge >= 0.3 is 0 Å². The van der Waals surface area contributed by atoms with E-state index >= 15 is 0 Å². The standard InChI is InChI=1S/C13H12ClNS/c1-9-5-4-7-11(15)13(9)16-12-8-3-2-6-10(12)14/h2-8H,15H2,1H3. The number of anilines is 1. The van der Waals surface area contributed by atoms with Crippen LogP contribution in [-0.2, 0) is 0 Å². The van der Waals surface area contributed by atoms with E-state index in [1.165, 1.54) is 5.56 Å². The predicted octanol–water partition coefficient (Wildman–Crippen LogP) is 4.38. The van der Waals surface area contributed by atoms with Crippen molar-refractivity contribution in [3.8, 4) is 0 Å². The van der Waals surface area contributed by atoms with E-state index in [-0.39, 0.29) is 0 Å². The van der Waals surface area contributed by atoms with Crippen LogP contribution in [0.5, 0.6) is 0 Å². The average molecular weight is 250 g/mol. The van der Waals surface area contributed by atoms with Gasteiger partial charge in [0.05, 0.1) is 5.02 Å². The zero-order chi connectivity index (χ0) is 11.5. The molecule has 0 aliphatic rings. The molecule has 0 unspecified atom stereocenters. The maximum Gasteiger partial charge on any atom is 0.0545 e. The topological polar surface area (TPSA) is 26.0 Å². The number of halogens is 1. The van der Waals surface area contributed by atoms with Crippen LogP contribution >= 0.6 is 23.4 Å². The van der Waals surface area contributed by atoms with Crippen LogP contribution in [0.2, 0.25) is 5.02 Å². The fourth-order valence-electron chi connectivity index (χ4n) is 1.45. The van der Waals surface area contributed by atoms with E-state index in [1.807, 2.05) is 36.4 Å². The van der Waals surface area contributed by atoms with E-state index in [1.54, 1.807) is 11.8 Å². The molecule has 0 heterocycles. The molecule has 0 saturated carbocycles. The highest BCUT2D eigenvalue weighted by Crippen LogP contribution is 2.37. The first kappa shape index (κ1) is 11.4. The summed E-state index contributed by atoms with van der Waals surface area (Å²) in [6.45, 7) is 2.05. The molecule has 0 bridgehead atoms. The number of aryl methyl sites for hydroxylation is 1. The largest absolute Gasteiger partial charge is 0.398 e. The third-order valence-electron chi connectivity index (χ3n) is 2.29. The molecule has 0 aromatic heterocycles. The highest BCUT2D eigenvalue weighted by Gasteiger charge is 2.07. The number of nitrogen functional groups attached to an aromatic ring is 1. The molecule has 2 rings (SSSR count). The smallest absolute Gasteiger partial charge is 0.0545 e. The van der Waals surface area contributed by atoms with Gasteiger partial charge in [0.25, 0.3) is 0 Å². The first-order chi connectivity index (χ1) is 7.68. The zero-order valence-electron chi connectivity index (χ0n) is 8.91. The molecule has 0 fully saturated rings. The summed E-state index contributed by atoms with van der Waals surface area (Å²) in [6, 6.07) is 13.7. The third-order valence-corrected chi connectivity index (χ3v) is 4.07. The Balaban J connectivity index is 2.38. The van der Waals surface area contributed by atoms with Crippen LogP contribution in [0.3, 0.4) is 0 Å². The number of benzene rings is 2. The molecule has 0 radical (unpaired) electrons. The van der Waals surface area contributed by atoms with Gasteiger partial charge in [-0.15, -0.1) is 0 Å². The van der Waals surface area contributed by atoms with E-state index in [2.05, 4.69) is 13.0 Å². The average Bonchev–Trinajstić information content (AvgIpc) is 2.26. The van der Waals surface area contributed by atoms with Crippen molar-refractivity contribution in [1.82, 2.24) is 0 Å². The van der Waals surface area contributed by atoms with Crippen LogP contribution in [0.15, 0.2) is 52.3 Å². The minimum absolute atomic E-state index is 0.759. The lowest BCUT2D eigenvalue weighted by Crippen LogP contribution is -1.90. The van der Waals surface area contributed by atoms with E-state index < -0.39 is 0 Å². The van der Waals surface area contributed by atoms with Gasteiger partial charge in [0.2, 0.25) is 0 Å². The molecule has 16 heavy (non-hydrogen) atoms. The molecule has 2 N–H and O–H groups in total. The van der Waals surface area contributed by atoms with Crippen molar-refractivity contribution in [1.29, 1.82) is 0 Å². The van der Waals surface area contributed by atoms with Gasteiger partial charge in [0.1, 0.15) is 0 Å². The second kappa shape index (κ2) is 4.81. The molecular weight excluding hydrogens is 238 g/mol. The molecule has 2 aromatic rings. The number of nitrogens with two attached hydrogens (primary N) is 1. The summed E-state index contributed by atoms with van der Waals surface area (Å²) in [5.41, 5.74) is 7.92. The first-order valence-electron chi connectivity index (χ1n) is 4.96. The number of hydrogen-bond acceptors (Lipinski definition) is 2. The van der Waals surface area contributed by atoms with Crippen LogP contribution in [0.1, 0.15) is 5.56 Å². The molecule has 0 aliphatic carbocycles. The van der Waals surface area contributed by atoms with Gasteiger partial charge in [-0.3, -0.25) is 0 Å². The normalized spacial score (nSPS) is 10.4. The Morgan fingerprint density at radius 1 is 1.06 bits per heavy atom. The molecule has 0 amide bonds. The lowest BCUT2D eigenvalue weighted by Gasteiger charge is -2.09. The molecular formula is C13H12ClNS. The van der Waals surface area contributed by atoms with Crippen LogP contribution in [-0.4, -0.2) is 0 Å². The van der Waals surface area contributed by atoms with Gasteiger partial charge < -0.3 is 5.73 Å². The molecule has 0 atom stereocenters. The van der Waals surface area contributed by atoms with E-state index in [0.29, 0.717) is 0 Å². The number of hydrogen-bond donors (Lipinski definition) is 1. The minimum Gasteiger partial charge on any atom is -0.398 e. The van der Waals surface area contributed by atoms with E-state index in [4.69, 9.17) is 17.3 Å². The zero-order valence-corrected chi connectivity index (χ0v) is 10.5. The van der Waals surface area contributed by atoms with Crippen LogP contribution in [0, 0.1) is 6.92 Å². The van der Waals surface area contributed by atoms with Crippen molar-refractivity contribution in [3.05, 3.63) is 53.1 Å². The quantitative estimate of drug-likeness (QED) is 0.800. The molecule has 82 valence electrons. The van der Waals surface area contributed by atoms with Gasteiger partial charge in [-0.25, -0.2) is 0 Å². The monoisotopic (exact) mass is 249 g/mol. The predicted molar refractivity (Wildman–Crippen MR) is 71.2 cm³/mol. The molecule has 3 heteroatoms. The first-order valence-corrected chi connectivity index (χ1v) is 6.15. The summed E-state index contributed by atoms with van der Waals surface area (Å²) in [5.74, 6) is 0. The van der Waals surface area contributed by atoms with Crippen molar-refractivity contribution in [3.63, 3.8) is 0 Å². The maximum atomic E-state index is 6.12. The van der Waals surface area contributed by atoms with Crippen molar-refractivity contribution in [2.24, 2.45) is 0 Å². The molecule has 0 spiro atoms. The maximum absolute atomic E-state index is 6.12. The highest BCUT2D eigenvalue weighted by molar-refractivity contribution is 7.99. The van der Waals surface area contributed by atoms with Crippen molar-refractivity contribution >= 4 is 29.1 Å². The second-order valence-electron chi connectivity index (χ2n) is 3.53. The summed E-state index contributed by atoms with van der Waals surface area (Å²) < 4.78 is 0. The molecule has 0 saturated heterocycles. The summed E-state index contributed by atoms with van der Waals surface area (Å²) in [7, 11) is 0. The Labute approximate surface area is 105 Å². The van der Waals surface area contributed by atoms with Gasteiger partial charge in [-0.1, -0.05) is 47.6 Å². The Morgan fingerprint density at radius 3 is 2.50 bits per heavy atom. The summed E-state index contributed by atoms with van der Waals surface area (Å²) in [5, 5.41) is 0.759. The van der Waals surface area contributed by atoms with E-state index in [9.17, 15) is 0 Å². The molecule has 1 nitrogen and oxygen atoms in total. The van der Waals surface area contributed by atoms with Crippen LogP contribution in [0.25, 0.3) is 0 Å². The Bertz CT molecular complexity index is 491. The highest BCUT2D eigenvalue weighted by atomic mass is 35.5. The fourth-order valence-corrected chi connectivity index (χ4v) is 2.65. The summed E-state index contributed by atoms with van der Waals surface area (Å²) in [4.78, 5) is 2.11. The summed E-state index contributed by atoms with van der Waals surface area (Å²) >= 11 is 7.73. The van der Waals surface area contributed by atoms with Crippen molar-refractivity contribution < 1.29 is 0 Å². The third kappa shape index (κ3) is 2.34. The van der Waals surface area contributed by atoms with Gasteiger partial charge in [0.15, 0.2) is 0 Å². The van der Waals surface area contributed by atoms with Gasteiger partial charge in [-0.05, 0) is 30.7 Å². The minimum atomic E-state index is 0.759. The van der Waals surface area contributed by atoms with Crippen molar-refractivity contribution in [2.45, 2.75) is 16.7 Å². The SMILES string of the molecule is Cc1cccc(N)c1Sc1ccccc1Cl. The number of rotatable bonds is 2. The second-order valence-corrected chi connectivity index (χ2v) is 4.99. The summed E-state index contributed by atoms with van der Waals surface area (Å²) in [6.07, 6.45) is 0. The Kier molecular flexibility index (Phi) is 3.42.